The van der Waals surface area contributed by atoms with Gasteiger partial charge in [0, 0.05) is 6.07 Å². The summed E-state index contributed by atoms with van der Waals surface area (Å²) in [6, 6.07) is 3.75. The van der Waals surface area contributed by atoms with Crippen molar-refractivity contribution in [3.05, 3.63) is 81.9 Å². The van der Waals surface area contributed by atoms with Crippen LogP contribution in [0, 0.1) is 35.1 Å². The van der Waals surface area contributed by atoms with E-state index in [9.17, 15) is 30.7 Å². The van der Waals surface area contributed by atoms with Crippen molar-refractivity contribution in [1.29, 1.82) is 0 Å². The molecule has 0 heterocycles. The molecule has 1 fully saturated rings. The van der Waals surface area contributed by atoms with Gasteiger partial charge in [-0.15, -0.1) is 0 Å². The van der Waals surface area contributed by atoms with Crippen LogP contribution in [0.3, 0.4) is 0 Å². The highest BCUT2D eigenvalue weighted by molar-refractivity contribution is 5.39. The van der Waals surface area contributed by atoms with E-state index < -0.39 is 40.9 Å². The Hall–Kier alpha value is -2.31. The van der Waals surface area contributed by atoms with Crippen molar-refractivity contribution >= 4 is 0 Å². The quantitative estimate of drug-likeness (QED) is 0.324. The monoisotopic (exact) mass is 456 g/mol. The summed E-state index contributed by atoms with van der Waals surface area (Å²) in [5.41, 5.74) is -0.713. The van der Waals surface area contributed by atoms with Crippen molar-refractivity contribution in [2.45, 2.75) is 57.0 Å². The number of benzene rings is 2. The van der Waals surface area contributed by atoms with Gasteiger partial charge in [-0.3, -0.25) is 0 Å². The number of allylic oxidation sites excluding steroid dienone is 2. The lowest BCUT2D eigenvalue weighted by atomic mass is 9.58. The van der Waals surface area contributed by atoms with E-state index in [-0.39, 0.29) is 23.3 Å². The van der Waals surface area contributed by atoms with Crippen molar-refractivity contribution in [3.8, 4) is 0 Å². The Kier molecular flexibility index (Phi) is 6.12. The Morgan fingerprint density at radius 1 is 0.906 bits per heavy atom. The molecular formula is C25H23F7. The number of hydrogen-bond donors (Lipinski definition) is 0. The highest BCUT2D eigenvalue weighted by atomic mass is 19.4. The van der Waals surface area contributed by atoms with Gasteiger partial charge in [-0.1, -0.05) is 19.1 Å². The van der Waals surface area contributed by atoms with Gasteiger partial charge in [0.25, 0.3) is 0 Å². The summed E-state index contributed by atoms with van der Waals surface area (Å²) in [6.07, 6.45) is 1.58. The number of halogens is 7. The molecule has 0 aliphatic heterocycles. The first-order valence-electron chi connectivity index (χ1n) is 10.8. The Bertz CT molecular complexity index is 1010. The van der Waals surface area contributed by atoms with E-state index in [0.717, 1.165) is 24.6 Å². The van der Waals surface area contributed by atoms with Crippen LogP contribution in [0.1, 0.15) is 66.7 Å². The van der Waals surface area contributed by atoms with Crippen molar-refractivity contribution in [2.24, 2.45) is 11.8 Å². The fourth-order valence-corrected chi connectivity index (χ4v) is 5.71. The second-order valence-electron chi connectivity index (χ2n) is 8.73. The molecule has 0 amide bonds. The zero-order chi connectivity index (χ0) is 23.2. The number of rotatable bonds is 3. The van der Waals surface area contributed by atoms with Crippen LogP contribution in [0.5, 0.6) is 0 Å². The Morgan fingerprint density at radius 3 is 2.22 bits per heavy atom. The maximum Gasteiger partial charge on any atom is 0.422 e. The van der Waals surface area contributed by atoms with Gasteiger partial charge in [0.05, 0.1) is 0 Å². The van der Waals surface area contributed by atoms with Crippen LogP contribution >= 0.6 is 0 Å². The standard InChI is InChI=1S/C25H23F7/c1-2-3-4-13-5-6-16-18(8-7-17-19(16)11-15(26)12-20(17)27)23(13)14-9-21(28)24(22(29)10-14)25(30,31)32/h3-4,9-13,16,18,23H,2,5-8H2,1H3/b4-3+/t13-,16-,18+,23-/m1/s1. The average Bonchev–Trinajstić information content (AvgIpc) is 2.69. The van der Waals surface area contributed by atoms with E-state index >= 15 is 0 Å². The molecule has 2 aliphatic rings. The smallest absolute Gasteiger partial charge is 0.207 e. The molecule has 2 aliphatic carbocycles. The largest absolute Gasteiger partial charge is 0.422 e. The molecule has 0 aromatic heterocycles. The predicted octanol–water partition coefficient (Wildman–Crippen LogP) is 8.07. The zero-order valence-electron chi connectivity index (χ0n) is 17.5. The lowest BCUT2D eigenvalue weighted by Gasteiger charge is -2.46. The van der Waals surface area contributed by atoms with Gasteiger partial charge >= 0.3 is 6.18 Å². The first kappa shape index (κ1) is 22.9. The van der Waals surface area contributed by atoms with E-state index in [1.54, 1.807) is 0 Å². The third-order valence-corrected chi connectivity index (χ3v) is 6.92. The molecule has 0 N–H and O–H groups in total. The van der Waals surface area contributed by atoms with Crippen LogP contribution in [0.2, 0.25) is 0 Å². The minimum Gasteiger partial charge on any atom is -0.207 e. The molecule has 0 nitrogen and oxygen atoms in total. The minimum absolute atomic E-state index is 0.133. The van der Waals surface area contributed by atoms with E-state index in [1.807, 2.05) is 19.1 Å². The molecule has 4 rings (SSSR count). The van der Waals surface area contributed by atoms with Crippen LogP contribution in [-0.2, 0) is 12.6 Å². The summed E-state index contributed by atoms with van der Waals surface area (Å²) in [5.74, 6) is -5.57. The number of hydrogen-bond acceptors (Lipinski definition) is 0. The molecule has 1 saturated carbocycles. The molecule has 7 heteroatoms. The van der Waals surface area contributed by atoms with Gasteiger partial charge in [0.1, 0.15) is 28.8 Å². The van der Waals surface area contributed by atoms with Gasteiger partial charge in [0.2, 0.25) is 0 Å². The van der Waals surface area contributed by atoms with E-state index in [0.29, 0.717) is 36.8 Å². The van der Waals surface area contributed by atoms with Crippen molar-refractivity contribution in [3.63, 3.8) is 0 Å². The summed E-state index contributed by atoms with van der Waals surface area (Å²) >= 11 is 0. The zero-order valence-corrected chi connectivity index (χ0v) is 17.5. The number of fused-ring (bicyclic) bond motifs is 3. The average molecular weight is 456 g/mol. The summed E-state index contributed by atoms with van der Waals surface area (Å²) < 4.78 is 96.4. The molecule has 172 valence electrons. The maximum atomic E-state index is 14.4. The molecule has 4 atom stereocenters. The van der Waals surface area contributed by atoms with Gasteiger partial charge in [0.15, 0.2) is 0 Å². The first-order chi connectivity index (χ1) is 15.1. The van der Waals surface area contributed by atoms with E-state index in [1.165, 1.54) is 6.07 Å². The summed E-state index contributed by atoms with van der Waals surface area (Å²) in [5, 5.41) is 0. The highest BCUT2D eigenvalue weighted by Crippen LogP contribution is 2.55. The summed E-state index contributed by atoms with van der Waals surface area (Å²) in [4.78, 5) is 0. The van der Waals surface area contributed by atoms with Crippen LogP contribution in [0.15, 0.2) is 36.4 Å². The van der Waals surface area contributed by atoms with Crippen LogP contribution in [0.25, 0.3) is 0 Å². The summed E-state index contributed by atoms with van der Waals surface area (Å²) in [6.45, 7) is 1.94. The van der Waals surface area contributed by atoms with Gasteiger partial charge in [-0.25, -0.2) is 17.6 Å². The van der Waals surface area contributed by atoms with E-state index in [2.05, 4.69) is 0 Å². The third kappa shape index (κ3) is 4.06. The first-order valence-corrected chi connectivity index (χ1v) is 10.8. The third-order valence-electron chi connectivity index (χ3n) is 6.92. The lowest BCUT2D eigenvalue weighted by molar-refractivity contribution is -0.142. The second-order valence-corrected chi connectivity index (χ2v) is 8.73. The normalized spacial score (nSPS) is 25.6. The molecule has 32 heavy (non-hydrogen) atoms. The molecule has 0 saturated heterocycles. The molecular weight excluding hydrogens is 433 g/mol. The summed E-state index contributed by atoms with van der Waals surface area (Å²) in [7, 11) is 0. The topological polar surface area (TPSA) is 0 Å². The SMILES string of the molecule is CC/C=C/[C@@H]1CC[C@H]2c3cc(F)cc(F)c3CC[C@@H]2[C@H]1c1cc(F)c(C(F)(F)F)c(F)c1. The van der Waals surface area contributed by atoms with Gasteiger partial charge in [-0.05, 0) is 90.7 Å². The predicted molar refractivity (Wildman–Crippen MR) is 107 cm³/mol. The maximum absolute atomic E-state index is 14.4. The Morgan fingerprint density at radius 2 is 1.59 bits per heavy atom. The molecule has 0 radical (unpaired) electrons. The van der Waals surface area contributed by atoms with Gasteiger partial charge < -0.3 is 0 Å². The molecule has 0 bridgehead atoms. The van der Waals surface area contributed by atoms with Crippen molar-refractivity contribution in [1.82, 2.24) is 0 Å². The fraction of sp³-hybridized carbons (Fsp3) is 0.440. The van der Waals surface area contributed by atoms with E-state index in [4.69, 9.17) is 0 Å². The molecule has 2 aromatic carbocycles. The van der Waals surface area contributed by atoms with Crippen molar-refractivity contribution < 1.29 is 30.7 Å². The van der Waals surface area contributed by atoms with Gasteiger partial charge in [-0.2, -0.15) is 13.2 Å². The fourth-order valence-electron chi connectivity index (χ4n) is 5.71. The Balaban J connectivity index is 1.81. The Labute approximate surface area is 182 Å². The second kappa shape index (κ2) is 8.56. The highest BCUT2D eigenvalue weighted by Gasteiger charge is 2.44. The lowest BCUT2D eigenvalue weighted by Crippen LogP contribution is -2.35. The molecule has 0 unspecified atom stereocenters. The van der Waals surface area contributed by atoms with Crippen LogP contribution in [-0.4, -0.2) is 0 Å². The minimum atomic E-state index is -5.14. The number of alkyl halides is 3. The van der Waals surface area contributed by atoms with Crippen LogP contribution < -0.4 is 0 Å². The van der Waals surface area contributed by atoms with Crippen LogP contribution in [0.4, 0.5) is 30.7 Å². The molecule has 0 spiro atoms. The molecule has 2 aromatic rings. The van der Waals surface area contributed by atoms with Crippen molar-refractivity contribution in [2.75, 3.05) is 0 Å².